The number of halogens is 6. The van der Waals surface area contributed by atoms with Crippen LogP contribution in [-0.2, 0) is 28.4 Å². The van der Waals surface area contributed by atoms with Gasteiger partial charge < -0.3 is 5.11 Å². The van der Waals surface area contributed by atoms with Crippen LogP contribution in [0.15, 0.2) is 42.5 Å². The van der Waals surface area contributed by atoms with Gasteiger partial charge in [0.15, 0.2) is 0 Å². The van der Waals surface area contributed by atoms with Gasteiger partial charge in [-0.3, -0.25) is 4.90 Å². The molecule has 1 fully saturated rings. The Kier molecular flexibility index (Phi) is 8.17. The molecule has 0 atom stereocenters. The summed E-state index contributed by atoms with van der Waals surface area (Å²) in [6.45, 7) is 4.10. The molecule has 0 radical (unpaired) electrons. The van der Waals surface area contributed by atoms with Crippen molar-refractivity contribution in [3.05, 3.63) is 59.2 Å². The molecule has 0 aliphatic carbocycles. The number of hydrogen-bond acceptors (Lipinski definition) is 4. The number of nitrogens with zero attached hydrogens (tertiary/aromatic N) is 1. The van der Waals surface area contributed by atoms with Crippen LogP contribution in [0, 0.1) is 5.92 Å². The molecule has 2 aromatic carbocycles. The highest BCUT2D eigenvalue weighted by molar-refractivity contribution is 7.90. The Labute approximate surface area is 206 Å². The molecule has 0 saturated carbocycles. The highest BCUT2D eigenvalue weighted by Gasteiger charge is 2.71. The number of aryl methyl sites for hydroxylation is 1. The van der Waals surface area contributed by atoms with Gasteiger partial charge in [-0.25, -0.2) is 8.42 Å². The first-order valence-electron chi connectivity index (χ1n) is 11.5. The Morgan fingerprint density at radius 1 is 0.944 bits per heavy atom. The Hall–Kier alpha value is -2.11. The van der Waals surface area contributed by atoms with Crippen LogP contribution in [0.4, 0.5) is 26.3 Å². The molecule has 3 rings (SSSR count). The minimum atomic E-state index is -5.93. The molecule has 4 nitrogen and oxygen atoms in total. The Balaban J connectivity index is 1.77. The number of likely N-dealkylation sites (tertiary alicyclic amines) is 1. The molecule has 0 bridgehead atoms. The molecule has 1 aliphatic rings. The molecule has 0 spiro atoms. The van der Waals surface area contributed by atoms with Gasteiger partial charge in [0.25, 0.3) is 5.60 Å². The second kappa shape index (κ2) is 10.3. The summed E-state index contributed by atoms with van der Waals surface area (Å²) in [4.78, 5) is 2.23. The van der Waals surface area contributed by atoms with Crippen LogP contribution in [0.5, 0.6) is 0 Å². The highest BCUT2D eigenvalue weighted by Crippen LogP contribution is 2.50. The van der Waals surface area contributed by atoms with Gasteiger partial charge in [0.05, 0.1) is 5.75 Å². The SMILES string of the molecule is CCc1cc(CN2CCC(CS(C)(=O)=O)CC2)ccc1-c1ccc(C(O)(C(F)(F)F)C(F)(F)F)cc1. The first-order valence-corrected chi connectivity index (χ1v) is 13.6. The number of sulfone groups is 1. The first kappa shape index (κ1) is 28.5. The van der Waals surface area contributed by atoms with Crippen LogP contribution in [0.25, 0.3) is 11.1 Å². The Bertz CT molecular complexity index is 1140. The van der Waals surface area contributed by atoms with Crippen molar-refractivity contribution >= 4 is 9.84 Å². The van der Waals surface area contributed by atoms with E-state index in [2.05, 4.69) is 4.90 Å². The van der Waals surface area contributed by atoms with Crippen molar-refractivity contribution in [2.45, 2.75) is 50.7 Å². The van der Waals surface area contributed by atoms with Crippen molar-refractivity contribution in [2.75, 3.05) is 25.1 Å². The van der Waals surface area contributed by atoms with Crippen molar-refractivity contribution < 1.29 is 39.9 Å². The van der Waals surface area contributed by atoms with E-state index >= 15 is 0 Å². The molecular weight excluding hydrogens is 508 g/mol. The van der Waals surface area contributed by atoms with Gasteiger partial charge in [-0.15, -0.1) is 0 Å². The number of piperidine rings is 1. The monoisotopic (exact) mass is 537 g/mol. The number of benzene rings is 2. The zero-order valence-corrected chi connectivity index (χ0v) is 20.8. The van der Waals surface area contributed by atoms with E-state index in [-0.39, 0.29) is 11.7 Å². The standard InChI is InChI=1S/C25H29F6NO3S/c1-3-19-14-18(15-32-12-10-17(11-13-32)16-36(2,34)35)4-9-22(19)20-5-7-21(8-6-20)23(33,24(26,27)28)25(29,30)31/h4-9,14,17,33H,3,10-13,15-16H2,1-2H3. The minimum absolute atomic E-state index is 0.153. The van der Waals surface area contributed by atoms with E-state index in [4.69, 9.17) is 0 Å². The fourth-order valence-electron chi connectivity index (χ4n) is 4.70. The van der Waals surface area contributed by atoms with Crippen molar-refractivity contribution in [1.29, 1.82) is 0 Å². The van der Waals surface area contributed by atoms with Crippen LogP contribution in [-0.4, -0.2) is 55.9 Å². The van der Waals surface area contributed by atoms with Gasteiger partial charge in [0.1, 0.15) is 9.84 Å². The van der Waals surface area contributed by atoms with E-state index in [1.54, 1.807) is 6.07 Å². The molecule has 0 unspecified atom stereocenters. The number of rotatable bonds is 7. The van der Waals surface area contributed by atoms with Crippen molar-refractivity contribution in [2.24, 2.45) is 5.92 Å². The smallest absolute Gasteiger partial charge is 0.369 e. The van der Waals surface area contributed by atoms with E-state index < -0.39 is 33.4 Å². The summed E-state index contributed by atoms with van der Waals surface area (Å²) in [5.41, 5.74) is -3.23. The molecule has 36 heavy (non-hydrogen) atoms. The lowest BCUT2D eigenvalue weighted by molar-refractivity contribution is -0.376. The fraction of sp³-hybridized carbons (Fsp3) is 0.520. The van der Waals surface area contributed by atoms with Gasteiger partial charge in [-0.05, 0) is 60.5 Å². The molecule has 0 aromatic heterocycles. The normalized spacial score (nSPS) is 16.9. The summed E-state index contributed by atoms with van der Waals surface area (Å²) < 4.78 is 102. The molecule has 1 heterocycles. The molecule has 1 N–H and O–H groups in total. The summed E-state index contributed by atoms with van der Waals surface area (Å²) >= 11 is 0. The van der Waals surface area contributed by atoms with Gasteiger partial charge in [-0.1, -0.05) is 49.4 Å². The average Bonchev–Trinajstić information content (AvgIpc) is 2.77. The Morgan fingerprint density at radius 3 is 1.97 bits per heavy atom. The van der Waals surface area contributed by atoms with E-state index in [9.17, 15) is 39.9 Å². The molecule has 200 valence electrons. The van der Waals surface area contributed by atoms with E-state index in [0.717, 1.165) is 49.2 Å². The predicted molar refractivity (Wildman–Crippen MR) is 125 cm³/mol. The highest BCUT2D eigenvalue weighted by atomic mass is 32.2. The van der Waals surface area contributed by atoms with E-state index in [0.29, 0.717) is 36.2 Å². The third-order valence-electron chi connectivity index (χ3n) is 6.64. The quantitative estimate of drug-likeness (QED) is 0.475. The van der Waals surface area contributed by atoms with Gasteiger partial charge in [-0.2, -0.15) is 26.3 Å². The summed E-state index contributed by atoms with van der Waals surface area (Å²) in [6, 6.07) is 9.24. The average molecular weight is 538 g/mol. The van der Waals surface area contributed by atoms with Gasteiger partial charge >= 0.3 is 12.4 Å². The van der Waals surface area contributed by atoms with Crippen molar-refractivity contribution in [3.8, 4) is 11.1 Å². The fourth-order valence-corrected chi connectivity index (χ4v) is 5.89. The van der Waals surface area contributed by atoms with Crippen LogP contribution in [0.1, 0.15) is 36.5 Å². The van der Waals surface area contributed by atoms with Crippen molar-refractivity contribution in [1.82, 2.24) is 4.90 Å². The molecular formula is C25H29F6NO3S. The maximum absolute atomic E-state index is 13.2. The van der Waals surface area contributed by atoms with Crippen LogP contribution < -0.4 is 0 Å². The summed E-state index contributed by atoms with van der Waals surface area (Å²) in [5, 5.41) is 9.60. The third-order valence-corrected chi connectivity index (χ3v) is 7.71. The first-order chi connectivity index (χ1) is 16.5. The predicted octanol–water partition coefficient (Wildman–Crippen LogP) is 5.48. The zero-order valence-electron chi connectivity index (χ0n) is 20.0. The lowest BCUT2D eigenvalue weighted by Gasteiger charge is -2.32. The van der Waals surface area contributed by atoms with Crippen LogP contribution in [0.2, 0.25) is 0 Å². The number of alkyl halides is 6. The maximum Gasteiger partial charge on any atom is 0.430 e. The second-order valence-electron chi connectivity index (χ2n) is 9.44. The largest absolute Gasteiger partial charge is 0.430 e. The molecule has 2 aromatic rings. The lowest BCUT2D eigenvalue weighted by atomic mass is 9.89. The van der Waals surface area contributed by atoms with E-state index in [1.165, 1.54) is 6.26 Å². The van der Waals surface area contributed by atoms with Crippen LogP contribution >= 0.6 is 0 Å². The Morgan fingerprint density at radius 2 is 1.50 bits per heavy atom. The van der Waals surface area contributed by atoms with Gasteiger partial charge in [0.2, 0.25) is 0 Å². The van der Waals surface area contributed by atoms with E-state index in [1.807, 2.05) is 19.1 Å². The number of aliphatic hydroxyl groups is 1. The van der Waals surface area contributed by atoms with Gasteiger partial charge in [0, 0.05) is 18.4 Å². The molecule has 1 aliphatic heterocycles. The molecule has 11 heteroatoms. The zero-order chi connectivity index (χ0) is 26.9. The molecule has 0 amide bonds. The topological polar surface area (TPSA) is 57.6 Å². The minimum Gasteiger partial charge on any atom is -0.369 e. The van der Waals surface area contributed by atoms with Crippen molar-refractivity contribution in [3.63, 3.8) is 0 Å². The lowest BCUT2D eigenvalue weighted by Crippen LogP contribution is -2.53. The second-order valence-corrected chi connectivity index (χ2v) is 11.6. The molecule has 1 saturated heterocycles. The summed E-state index contributed by atoms with van der Waals surface area (Å²) in [6.07, 6.45) is -8.44. The summed E-state index contributed by atoms with van der Waals surface area (Å²) in [5.74, 6) is 0.345. The maximum atomic E-state index is 13.2. The number of hydrogen-bond donors (Lipinski definition) is 1. The van der Waals surface area contributed by atoms with Crippen LogP contribution in [0.3, 0.4) is 0 Å². The summed E-state index contributed by atoms with van der Waals surface area (Å²) in [7, 11) is -3.01. The third kappa shape index (κ3) is 6.23.